The molecule has 0 saturated heterocycles. The molecule has 6 nitrogen and oxygen atoms in total. The fourth-order valence-electron chi connectivity index (χ4n) is 3.78. The molecular weight excluding hydrogens is 443 g/mol. The van der Waals surface area contributed by atoms with E-state index in [-0.39, 0.29) is 11.4 Å². The first-order valence-electron chi connectivity index (χ1n) is 10.0. The molecule has 0 fully saturated rings. The van der Waals surface area contributed by atoms with E-state index in [1.807, 2.05) is 6.07 Å². The van der Waals surface area contributed by atoms with Crippen molar-refractivity contribution >= 4 is 51.0 Å². The normalized spacial score (nSPS) is 11.1. The molecule has 0 amide bonds. The van der Waals surface area contributed by atoms with Gasteiger partial charge in [0.05, 0.1) is 17.5 Å². The number of nitrogens with one attached hydrogen (secondary N) is 1. The zero-order chi connectivity index (χ0) is 23.1. The monoisotopic (exact) mass is 458 g/mol. The lowest BCUT2D eigenvalue weighted by molar-refractivity contribution is 0.0696. The number of hydrogen-bond donors (Lipinski definition) is 2. The average Bonchev–Trinajstić information content (AvgIpc) is 2.79. The maximum Gasteiger partial charge on any atom is 0.335 e. The van der Waals surface area contributed by atoms with Crippen molar-refractivity contribution in [3.63, 3.8) is 0 Å². The molecule has 3 aromatic carbocycles. The number of carboxylic acids is 1. The van der Waals surface area contributed by atoms with Gasteiger partial charge in [-0.25, -0.2) is 24.1 Å². The van der Waals surface area contributed by atoms with Crippen LogP contribution in [0, 0.1) is 12.7 Å². The van der Waals surface area contributed by atoms with E-state index in [1.54, 1.807) is 55.6 Å². The Labute approximate surface area is 192 Å². The van der Waals surface area contributed by atoms with Crippen molar-refractivity contribution in [1.29, 1.82) is 0 Å². The smallest absolute Gasteiger partial charge is 0.335 e. The number of rotatable bonds is 4. The summed E-state index contributed by atoms with van der Waals surface area (Å²) in [5.74, 6) is -1.05. The van der Waals surface area contributed by atoms with E-state index in [4.69, 9.17) is 11.6 Å². The molecular formula is C25H16ClFN4O2. The number of carbonyl (C=O) groups is 1. The molecule has 0 spiro atoms. The maximum absolute atomic E-state index is 14.6. The van der Waals surface area contributed by atoms with Crippen molar-refractivity contribution in [3.8, 4) is 11.3 Å². The van der Waals surface area contributed by atoms with Crippen LogP contribution in [0.3, 0.4) is 0 Å². The van der Waals surface area contributed by atoms with Gasteiger partial charge in [0.15, 0.2) is 0 Å². The van der Waals surface area contributed by atoms with Crippen LogP contribution in [0.4, 0.5) is 16.0 Å². The van der Waals surface area contributed by atoms with E-state index >= 15 is 0 Å². The number of aromatic carboxylic acids is 1. The fraction of sp³-hybridized carbons (Fsp3) is 0.0400. The highest BCUT2D eigenvalue weighted by Crippen LogP contribution is 2.34. The molecule has 0 aliphatic heterocycles. The van der Waals surface area contributed by atoms with Crippen LogP contribution in [0.5, 0.6) is 0 Å². The predicted octanol–water partition coefficient (Wildman–Crippen LogP) is 6.39. The number of halogens is 2. The Kier molecular flexibility index (Phi) is 5.11. The molecule has 2 aromatic heterocycles. The van der Waals surface area contributed by atoms with Gasteiger partial charge in [0.1, 0.15) is 16.9 Å². The van der Waals surface area contributed by atoms with Crippen LogP contribution >= 0.6 is 11.6 Å². The van der Waals surface area contributed by atoms with Gasteiger partial charge in [0.25, 0.3) is 0 Å². The molecule has 8 heteroatoms. The lowest BCUT2D eigenvalue weighted by Gasteiger charge is -2.12. The van der Waals surface area contributed by atoms with E-state index in [0.29, 0.717) is 49.9 Å². The second kappa shape index (κ2) is 8.11. The standard InChI is InChI=1S/C25H16ClFN4O2/c1-13-10-15(7-9-16(13)24(32)33)29-25-28-12-21-23(31-25)17-8-6-14(26)11-19(17)22(30-21)18-4-2-3-5-20(18)27/h2-12H,1H3,(H,32,33)(H,28,29,31). The van der Waals surface area contributed by atoms with Crippen LogP contribution in [-0.2, 0) is 0 Å². The predicted molar refractivity (Wildman–Crippen MR) is 127 cm³/mol. The van der Waals surface area contributed by atoms with Crippen molar-refractivity contribution in [1.82, 2.24) is 15.0 Å². The summed E-state index contributed by atoms with van der Waals surface area (Å²) in [4.78, 5) is 24.9. The molecule has 0 unspecified atom stereocenters. The minimum atomic E-state index is -0.983. The quantitative estimate of drug-likeness (QED) is 0.303. The zero-order valence-corrected chi connectivity index (χ0v) is 18.1. The maximum atomic E-state index is 14.6. The van der Waals surface area contributed by atoms with Gasteiger partial charge in [-0.05, 0) is 55.0 Å². The summed E-state index contributed by atoms with van der Waals surface area (Å²) in [6.45, 7) is 1.72. The summed E-state index contributed by atoms with van der Waals surface area (Å²) in [5, 5.41) is 14.3. The molecule has 0 radical (unpaired) electrons. The molecule has 0 aliphatic rings. The first-order valence-corrected chi connectivity index (χ1v) is 10.4. The second-order valence-electron chi connectivity index (χ2n) is 7.52. The average molecular weight is 459 g/mol. The Morgan fingerprint density at radius 3 is 2.61 bits per heavy atom. The third-order valence-corrected chi connectivity index (χ3v) is 5.57. The van der Waals surface area contributed by atoms with Crippen LogP contribution in [-0.4, -0.2) is 26.0 Å². The van der Waals surface area contributed by atoms with E-state index in [1.165, 1.54) is 12.1 Å². The lowest BCUT2D eigenvalue weighted by atomic mass is 10.0. The van der Waals surface area contributed by atoms with E-state index in [9.17, 15) is 14.3 Å². The van der Waals surface area contributed by atoms with Crippen molar-refractivity contribution in [3.05, 3.63) is 88.8 Å². The minimum Gasteiger partial charge on any atom is -0.478 e. The Morgan fingerprint density at radius 2 is 1.85 bits per heavy atom. The summed E-state index contributed by atoms with van der Waals surface area (Å²) in [7, 11) is 0. The summed E-state index contributed by atoms with van der Waals surface area (Å²) < 4.78 is 14.6. The molecule has 0 atom stereocenters. The van der Waals surface area contributed by atoms with Gasteiger partial charge in [-0.2, -0.15) is 0 Å². The zero-order valence-electron chi connectivity index (χ0n) is 17.3. The number of aromatic nitrogens is 3. The number of benzene rings is 3. The first-order chi connectivity index (χ1) is 15.9. The third kappa shape index (κ3) is 3.83. The highest BCUT2D eigenvalue weighted by atomic mass is 35.5. The van der Waals surface area contributed by atoms with Gasteiger partial charge in [0, 0.05) is 27.0 Å². The van der Waals surface area contributed by atoms with Crippen LogP contribution in [0.2, 0.25) is 5.02 Å². The van der Waals surface area contributed by atoms with Gasteiger partial charge < -0.3 is 10.4 Å². The third-order valence-electron chi connectivity index (χ3n) is 5.34. The van der Waals surface area contributed by atoms with Crippen LogP contribution in [0.1, 0.15) is 15.9 Å². The largest absolute Gasteiger partial charge is 0.478 e. The highest BCUT2D eigenvalue weighted by molar-refractivity contribution is 6.31. The van der Waals surface area contributed by atoms with Crippen molar-refractivity contribution in [2.45, 2.75) is 6.92 Å². The molecule has 162 valence electrons. The number of fused-ring (bicyclic) bond motifs is 3. The molecule has 5 rings (SSSR count). The van der Waals surface area contributed by atoms with E-state index in [2.05, 4.69) is 20.3 Å². The van der Waals surface area contributed by atoms with Gasteiger partial charge in [-0.15, -0.1) is 0 Å². The molecule has 5 aromatic rings. The van der Waals surface area contributed by atoms with Crippen molar-refractivity contribution in [2.24, 2.45) is 0 Å². The van der Waals surface area contributed by atoms with Gasteiger partial charge in [0.2, 0.25) is 5.95 Å². The topological polar surface area (TPSA) is 88.0 Å². The van der Waals surface area contributed by atoms with Gasteiger partial charge in [-0.1, -0.05) is 29.8 Å². The molecule has 2 heterocycles. The van der Waals surface area contributed by atoms with Crippen LogP contribution in [0.25, 0.3) is 33.1 Å². The van der Waals surface area contributed by atoms with Crippen molar-refractivity contribution < 1.29 is 14.3 Å². The number of aryl methyl sites for hydroxylation is 1. The summed E-state index contributed by atoms with van der Waals surface area (Å²) in [6, 6.07) is 16.7. The number of pyridine rings is 1. The molecule has 2 N–H and O–H groups in total. The summed E-state index contributed by atoms with van der Waals surface area (Å²) in [6.07, 6.45) is 1.57. The van der Waals surface area contributed by atoms with Crippen LogP contribution < -0.4 is 5.32 Å². The number of anilines is 2. The first kappa shape index (κ1) is 20.8. The summed E-state index contributed by atoms with van der Waals surface area (Å²) in [5.41, 5.74) is 3.41. The minimum absolute atomic E-state index is 0.229. The van der Waals surface area contributed by atoms with E-state index in [0.717, 1.165) is 5.39 Å². The SMILES string of the molecule is Cc1cc(Nc2ncc3nc(-c4ccccc4F)c4cc(Cl)ccc4c3n2)ccc1C(=O)O. The number of nitrogens with zero attached hydrogens (tertiary/aromatic N) is 3. The second-order valence-corrected chi connectivity index (χ2v) is 7.95. The summed E-state index contributed by atoms with van der Waals surface area (Å²) >= 11 is 6.25. The molecule has 0 bridgehead atoms. The molecule has 0 saturated carbocycles. The van der Waals surface area contributed by atoms with E-state index < -0.39 is 5.97 Å². The Morgan fingerprint density at radius 1 is 1.03 bits per heavy atom. The molecule has 0 aliphatic carbocycles. The number of hydrogen-bond acceptors (Lipinski definition) is 5. The fourth-order valence-corrected chi connectivity index (χ4v) is 3.96. The molecule has 33 heavy (non-hydrogen) atoms. The van der Waals surface area contributed by atoms with Gasteiger partial charge >= 0.3 is 5.97 Å². The number of carboxylic acid groups (broad SMARTS) is 1. The Balaban J connectivity index is 1.65. The Bertz CT molecular complexity index is 1570. The van der Waals surface area contributed by atoms with Crippen molar-refractivity contribution in [2.75, 3.05) is 5.32 Å². The highest BCUT2D eigenvalue weighted by Gasteiger charge is 2.16. The Hall–Kier alpha value is -4.10. The lowest BCUT2D eigenvalue weighted by Crippen LogP contribution is -2.02. The van der Waals surface area contributed by atoms with Crippen LogP contribution in [0.15, 0.2) is 66.9 Å². The van der Waals surface area contributed by atoms with Gasteiger partial charge in [-0.3, -0.25) is 0 Å².